The van der Waals surface area contributed by atoms with Crippen molar-refractivity contribution in [2.75, 3.05) is 20.4 Å². The van der Waals surface area contributed by atoms with Crippen molar-refractivity contribution < 1.29 is 14.2 Å². The molecule has 0 bridgehead atoms. The molecule has 1 heterocycles. The number of hydrogen-bond acceptors (Lipinski definition) is 5. The summed E-state index contributed by atoms with van der Waals surface area (Å²) in [5.41, 5.74) is 6.93. The fourth-order valence-corrected chi connectivity index (χ4v) is 2.19. The van der Waals surface area contributed by atoms with Crippen molar-refractivity contribution in [3.8, 4) is 17.2 Å². The fourth-order valence-electron chi connectivity index (χ4n) is 2.19. The second-order valence-electron chi connectivity index (χ2n) is 4.69. The van der Waals surface area contributed by atoms with Gasteiger partial charge in [0.2, 0.25) is 12.5 Å². The summed E-state index contributed by atoms with van der Waals surface area (Å²) in [5.74, 6) is 2.12. The molecule has 1 fully saturated rings. The molecule has 3 N–H and O–H groups in total. The molecule has 1 aromatic carbocycles. The number of ether oxygens (including phenoxy) is 3. The smallest absolute Gasteiger partial charge is 0.231 e. The zero-order valence-electron chi connectivity index (χ0n) is 10.4. The SMILES string of the molecule is COc1cc(C(CN)NC2CC2)cc2c1OCO2. The number of methoxy groups -OCH3 is 1. The largest absolute Gasteiger partial charge is 0.493 e. The normalized spacial score (nSPS) is 18.8. The quantitative estimate of drug-likeness (QED) is 0.821. The van der Waals surface area contributed by atoms with Crippen molar-refractivity contribution in [3.05, 3.63) is 17.7 Å². The molecular weight excluding hydrogens is 232 g/mol. The number of benzene rings is 1. The van der Waals surface area contributed by atoms with Gasteiger partial charge in [0.05, 0.1) is 7.11 Å². The van der Waals surface area contributed by atoms with Gasteiger partial charge in [0.25, 0.3) is 0 Å². The van der Waals surface area contributed by atoms with Crippen LogP contribution >= 0.6 is 0 Å². The van der Waals surface area contributed by atoms with Gasteiger partial charge in [0, 0.05) is 18.6 Å². The van der Waals surface area contributed by atoms with Crippen LogP contribution in [0.2, 0.25) is 0 Å². The predicted molar refractivity (Wildman–Crippen MR) is 67.1 cm³/mol. The Hall–Kier alpha value is -1.46. The van der Waals surface area contributed by atoms with Gasteiger partial charge in [-0.05, 0) is 30.5 Å². The first-order valence-corrected chi connectivity index (χ1v) is 6.25. The van der Waals surface area contributed by atoms with Gasteiger partial charge in [0.1, 0.15) is 0 Å². The molecule has 1 aliphatic heterocycles. The van der Waals surface area contributed by atoms with E-state index in [9.17, 15) is 0 Å². The summed E-state index contributed by atoms with van der Waals surface area (Å²) in [6, 6.07) is 4.70. The summed E-state index contributed by atoms with van der Waals surface area (Å²) >= 11 is 0. The van der Waals surface area contributed by atoms with Gasteiger partial charge in [-0.15, -0.1) is 0 Å². The maximum atomic E-state index is 5.84. The van der Waals surface area contributed by atoms with Gasteiger partial charge in [-0.1, -0.05) is 0 Å². The Morgan fingerprint density at radius 2 is 2.28 bits per heavy atom. The summed E-state index contributed by atoms with van der Waals surface area (Å²) in [6.45, 7) is 0.803. The Morgan fingerprint density at radius 3 is 2.94 bits per heavy atom. The standard InChI is InChI=1S/C13H18N2O3/c1-16-11-4-8(5-12-13(11)18-7-17-12)10(6-14)15-9-2-3-9/h4-5,9-10,15H,2-3,6-7,14H2,1H3. The van der Waals surface area contributed by atoms with E-state index in [1.54, 1.807) is 7.11 Å². The summed E-state index contributed by atoms with van der Waals surface area (Å²) in [4.78, 5) is 0. The van der Waals surface area contributed by atoms with E-state index in [1.165, 1.54) is 12.8 Å². The average Bonchev–Trinajstić information content (AvgIpc) is 3.09. The van der Waals surface area contributed by atoms with Crippen LogP contribution in [0.15, 0.2) is 12.1 Å². The molecule has 0 spiro atoms. The first-order valence-electron chi connectivity index (χ1n) is 6.25. The summed E-state index contributed by atoms with van der Waals surface area (Å²) in [7, 11) is 1.63. The molecule has 5 heteroatoms. The maximum Gasteiger partial charge on any atom is 0.231 e. The molecule has 0 radical (unpaired) electrons. The van der Waals surface area contributed by atoms with E-state index in [2.05, 4.69) is 5.32 Å². The van der Waals surface area contributed by atoms with E-state index < -0.39 is 0 Å². The van der Waals surface area contributed by atoms with E-state index in [0.717, 1.165) is 11.3 Å². The van der Waals surface area contributed by atoms with E-state index in [0.29, 0.717) is 24.1 Å². The van der Waals surface area contributed by atoms with Gasteiger partial charge in [-0.3, -0.25) is 0 Å². The van der Waals surface area contributed by atoms with Crippen LogP contribution in [0.4, 0.5) is 0 Å². The topological polar surface area (TPSA) is 65.7 Å². The molecule has 0 aromatic heterocycles. The number of nitrogens with one attached hydrogen (secondary N) is 1. The Balaban J connectivity index is 1.90. The second-order valence-corrected chi connectivity index (χ2v) is 4.69. The number of hydrogen-bond donors (Lipinski definition) is 2. The average molecular weight is 250 g/mol. The lowest BCUT2D eigenvalue weighted by molar-refractivity contribution is 0.171. The molecule has 1 aliphatic carbocycles. The Kier molecular flexibility index (Phi) is 3.01. The highest BCUT2D eigenvalue weighted by Gasteiger charge is 2.27. The third kappa shape index (κ3) is 2.11. The van der Waals surface area contributed by atoms with Crippen molar-refractivity contribution in [2.45, 2.75) is 24.9 Å². The molecule has 1 atom stereocenters. The van der Waals surface area contributed by atoms with Crippen molar-refractivity contribution in [3.63, 3.8) is 0 Å². The summed E-state index contributed by atoms with van der Waals surface area (Å²) in [6.07, 6.45) is 2.47. The Morgan fingerprint density at radius 1 is 1.44 bits per heavy atom. The van der Waals surface area contributed by atoms with Crippen molar-refractivity contribution >= 4 is 0 Å². The first-order chi connectivity index (χ1) is 8.81. The number of fused-ring (bicyclic) bond motifs is 1. The molecule has 0 amide bonds. The molecule has 1 aromatic rings. The van der Waals surface area contributed by atoms with E-state index in [4.69, 9.17) is 19.9 Å². The Bertz CT molecular complexity index is 446. The van der Waals surface area contributed by atoms with Gasteiger partial charge in [-0.2, -0.15) is 0 Å². The van der Waals surface area contributed by atoms with Crippen LogP contribution in [0.25, 0.3) is 0 Å². The minimum Gasteiger partial charge on any atom is -0.493 e. The highest BCUT2D eigenvalue weighted by atomic mass is 16.7. The van der Waals surface area contributed by atoms with Crippen molar-refractivity contribution in [2.24, 2.45) is 5.73 Å². The van der Waals surface area contributed by atoms with Crippen LogP contribution in [-0.4, -0.2) is 26.5 Å². The molecule has 98 valence electrons. The summed E-state index contributed by atoms with van der Waals surface area (Å²) < 4.78 is 16.1. The molecule has 5 nitrogen and oxygen atoms in total. The molecule has 1 saturated carbocycles. The molecular formula is C13H18N2O3. The Labute approximate surface area is 106 Å². The lowest BCUT2D eigenvalue weighted by Gasteiger charge is -2.18. The van der Waals surface area contributed by atoms with Crippen LogP contribution in [0.5, 0.6) is 17.2 Å². The minimum atomic E-state index is 0.140. The molecule has 2 aliphatic rings. The minimum absolute atomic E-state index is 0.140. The summed E-state index contributed by atoms with van der Waals surface area (Å²) in [5, 5.41) is 3.52. The van der Waals surface area contributed by atoms with Crippen molar-refractivity contribution in [1.82, 2.24) is 5.32 Å². The highest BCUT2D eigenvalue weighted by molar-refractivity contribution is 5.55. The molecule has 1 unspecified atom stereocenters. The van der Waals surface area contributed by atoms with Crippen LogP contribution in [0, 0.1) is 0 Å². The number of nitrogens with two attached hydrogens (primary N) is 1. The van der Waals surface area contributed by atoms with Crippen LogP contribution in [-0.2, 0) is 0 Å². The highest BCUT2D eigenvalue weighted by Crippen LogP contribution is 2.43. The lowest BCUT2D eigenvalue weighted by Crippen LogP contribution is -2.29. The molecule has 3 rings (SSSR count). The monoisotopic (exact) mass is 250 g/mol. The van der Waals surface area contributed by atoms with Crippen molar-refractivity contribution in [1.29, 1.82) is 0 Å². The zero-order chi connectivity index (χ0) is 12.5. The second kappa shape index (κ2) is 4.66. The van der Waals surface area contributed by atoms with Gasteiger partial charge < -0.3 is 25.3 Å². The van der Waals surface area contributed by atoms with Gasteiger partial charge in [-0.25, -0.2) is 0 Å². The van der Waals surface area contributed by atoms with E-state index in [1.807, 2.05) is 12.1 Å². The zero-order valence-corrected chi connectivity index (χ0v) is 10.4. The fraction of sp³-hybridized carbons (Fsp3) is 0.538. The number of rotatable bonds is 5. The van der Waals surface area contributed by atoms with Crippen LogP contribution in [0.1, 0.15) is 24.4 Å². The van der Waals surface area contributed by atoms with Gasteiger partial charge >= 0.3 is 0 Å². The van der Waals surface area contributed by atoms with Gasteiger partial charge in [0.15, 0.2) is 11.5 Å². The lowest BCUT2D eigenvalue weighted by atomic mass is 10.1. The first kappa shape index (κ1) is 11.6. The maximum absolute atomic E-state index is 5.84. The van der Waals surface area contributed by atoms with E-state index >= 15 is 0 Å². The predicted octanol–water partition coefficient (Wildman–Crippen LogP) is 1.18. The van der Waals surface area contributed by atoms with Crippen LogP contribution < -0.4 is 25.3 Å². The third-order valence-electron chi connectivity index (χ3n) is 3.33. The molecule has 18 heavy (non-hydrogen) atoms. The molecule has 0 saturated heterocycles. The van der Waals surface area contributed by atoms with E-state index in [-0.39, 0.29) is 12.8 Å². The van der Waals surface area contributed by atoms with Crippen LogP contribution in [0.3, 0.4) is 0 Å². The third-order valence-corrected chi connectivity index (χ3v) is 3.33.